The number of aromatic amines is 1. The van der Waals surface area contributed by atoms with E-state index in [1.807, 2.05) is 6.07 Å². The van der Waals surface area contributed by atoms with E-state index >= 15 is 0 Å². The van der Waals surface area contributed by atoms with Crippen molar-refractivity contribution in [2.45, 2.75) is 23.6 Å². The number of hydrogen-bond acceptors (Lipinski definition) is 4. The highest BCUT2D eigenvalue weighted by Gasteiger charge is 2.30. The van der Waals surface area contributed by atoms with Gasteiger partial charge in [-0.15, -0.1) is 0 Å². The maximum atomic E-state index is 13.4. The highest BCUT2D eigenvalue weighted by Crippen LogP contribution is 2.34. The highest BCUT2D eigenvalue weighted by atomic mass is 35.5. The number of fused-ring (bicyclic) bond motifs is 1. The number of nitrogens with one attached hydrogen (secondary N) is 2. The van der Waals surface area contributed by atoms with Crippen LogP contribution in [0.4, 0.5) is 0 Å². The second-order valence-corrected chi connectivity index (χ2v) is 8.75. The molecule has 146 valence electrons. The molecule has 7 nitrogen and oxygen atoms in total. The minimum absolute atomic E-state index is 0.0400. The molecule has 0 atom stereocenters. The lowest BCUT2D eigenvalue weighted by atomic mass is 10.2. The van der Waals surface area contributed by atoms with Crippen molar-refractivity contribution < 1.29 is 23.1 Å². The molecule has 0 saturated heterocycles. The number of hydrogen-bond donors (Lipinski definition) is 3. The fraction of sp³-hybridized carbons (Fsp3) is 0.158. The average Bonchev–Trinajstić information content (AvgIpc) is 2.98. The van der Waals surface area contributed by atoms with Gasteiger partial charge >= 0.3 is 5.97 Å². The second-order valence-electron chi connectivity index (χ2n) is 6.42. The van der Waals surface area contributed by atoms with Crippen molar-refractivity contribution in [1.82, 2.24) is 10.3 Å². The van der Waals surface area contributed by atoms with Gasteiger partial charge in [0.25, 0.3) is 5.91 Å². The first-order chi connectivity index (χ1) is 13.1. The summed E-state index contributed by atoms with van der Waals surface area (Å²) >= 11 is 6.04. The summed E-state index contributed by atoms with van der Waals surface area (Å²) in [6.07, 6.45) is 0. The standard InChI is InChI=1S/C19H17ClN2O5S/c1-10-5-11(2)7-13(6-10)28(26,27)18-14-8-12(20)3-4-15(14)22-17(18)19(25)21-9-16(23)24/h3-8,22H,9H2,1-2H3,(H,21,25)(H,23,24). The molecule has 3 rings (SSSR count). The van der Waals surface area contributed by atoms with Crippen molar-refractivity contribution in [2.75, 3.05) is 6.54 Å². The summed E-state index contributed by atoms with van der Waals surface area (Å²) in [6.45, 7) is 2.91. The van der Waals surface area contributed by atoms with Gasteiger partial charge in [-0.25, -0.2) is 8.42 Å². The molecule has 0 aliphatic heterocycles. The van der Waals surface area contributed by atoms with Gasteiger partial charge in [0, 0.05) is 15.9 Å². The van der Waals surface area contributed by atoms with E-state index in [9.17, 15) is 18.0 Å². The van der Waals surface area contributed by atoms with Gasteiger partial charge in [0.05, 0.1) is 4.90 Å². The minimum atomic E-state index is -4.10. The molecule has 0 bridgehead atoms. The Balaban J connectivity index is 2.27. The van der Waals surface area contributed by atoms with Gasteiger partial charge in [-0.2, -0.15) is 0 Å². The minimum Gasteiger partial charge on any atom is -0.480 e. The number of sulfone groups is 1. The van der Waals surface area contributed by atoms with E-state index in [2.05, 4.69) is 10.3 Å². The van der Waals surface area contributed by atoms with Crippen LogP contribution < -0.4 is 5.32 Å². The Bertz CT molecular complexity index is 1190. The van der Waals surface area contributed by atoms with Gasteiger partial charge in [-0.05, 0) is 55.3 Å². The molecule has 0 radical (unpaired) electrons. The Morgan fingerprint density at radius 3 is 2.36 bits per heavy atom. The summed E-state index contributed by atoms with van der Waals surface area (Å²) in [5, 5.41) is 11.5. The lowest BCUT2D eigenvalue weighted by molar-refractivity contribution is -0.135. The van der Waals surface area contributed by atoms with Gasteiger partial charge in [-0.1, -0.05) is 17.7 Å². The van der Waals surface area contributed by atoms with E-state index in [0.717, 1.165) is 11.1 Å². The monoisotopic (exact) mass is 420 g/mol. The van der Waals surface area contributed by atoms with Gasteiger partial charge in [0.15, 0.2) is 0 Å². The average molecular weight is 421 g/mol. The molecule has 1 amide bonds. The molecule has 1 aromatic heterocycles. The molecule has 0 saturated carbocycles. The third-order valence-corrected chi connectivity index (χ3v) is 6.17. The molecule has 3 aromatic rings. The predicted octanol–water partition coefficient (Wildman–Crippen LogP) is 3.09. The number of benzene rings is 2. The van der Waals surface area contributed by atoms with Crippen molar-refractivity contribution >= 4 is 44.2 Å². The highest BCUT2D eigenvalue weighted by molar-refractivity contribution is 7.91. The normalized spacial score (nSPS) is 11.5. The summed E-state index contributed by atoms with van der Waals surface area (Å²) in [4.78, 5) is 25.9. The van der Waals surface area contributed by atoms with Crippen molar-refractivity contribution in [2.24, 2.45) is 0 Å². The van der Waals surface area contributed by atoms with Crippen LogP contribution in [0.25, 0.3) is 10.9 Å². The Morgan fingerprint density at radius 1 is 1.11 bits per heavy atom. The maximum absolute atomic E-state index is 13.4. The summed E-state index contributed by atoms with van der Waals surface area (Å²) in [5.74, 6) is -2.08. The second kappa shape index (κ2) is 7.29. The van der Waals surface area contributed by atoms with E-state index in [-0.39, 0.29) is 20.9 Å². The summed E-state index contributed by atoms with van der Waals surface area (Å²) < 4.78 is 26.9. The Hall–Kier alpha value is -2.84. The van der Waals surface area contributed by atoms with Crippen LogP contribution in [0.15, 0.2) is 46.2 Å². The molecule has 0 unspecified atom stereocenters. The molecule has 0 spiro atoms. The van der Waals surface area contributed by atoms with Crippen LogP contribution in [0.1, 0.15) is 21.6 Å². The van der Waals surface area contributed by atoms with Crippen LogP contribution >= 0.6 is 11.6 Å². The van der Waals surface area contributed by atoms with Crippen LogP contribution in [0.5, 0.6) is 0 Å². The number of halogens is 1. The van der Waals surface area contributed by atoms with Crippen molar-refractivity contribution in [3.05, 3.63) is 58.2 Å². The number of aromatic nitrogens is 1. The van der Waals surface area contributed by atoms with Crippen LogP contribution in [0.2, 0.25) is 5.02 Å². The largest absolute Gasteiger partial charge is 0.480 e. The van der Waals surface area contributed by atoms with Crippen molar-refractivity contribution in [3.63, 3.8) is 0 Å². The molecule has 0 aliphatic carbocycles. The third kappa shape index (κ3) is 3.74. The van der Waals surface area contributed by atoms with Gasteiger partial charge < -0.3 is 15.4 Å². The molecule has 3 N–H and O–H groups in total. The number of amides is 1. The molecular formula is C19H17ClN2O5S. The Labute approximate surface area is 166 Å². The molecule has 28 heavy (non-hydrogen) atoms. The number of carbonyl (C=O) groups excluding carboxylic acids is 1. The maximum Gasteiger partial charge on any atom is 0.322 e. The molecule has 1 heterocycles. The van der Waals surface area contributed by atoms with Gasteiger partial charge in [0.2, 0.25) is 9.84 Å². The van der Waals surface area contributed by atoms with Gasteiger partial charge in [-0.3, -0.25) is 9.59 Å². The van der Waals surface area contributed by atoms with E-state index in [0.29, 0.717) is 10.5 Å². The van der Waals surface area contributed by atoms with Gasteiger partial charge in [0.1, 0.15) is 17.1 Å². The number of rotatable bonds is 5. The number of carbonyl (C=O) groups is 2. The third-order valence-electron chi connectivity index (χ3n) is 4.11. The summed E-state index contributed by atoms with van der Waals surface area (Å²) in [6, 6.07) is 9.45. The van der Waals surface area contributed by atoms with E-state index < -0.39 is 28.3 Å². The fourth-order valence-electron chi connectivity index (χ4n) is 3.03. The molecule has 0 fully saturated rings. The van der Waals surface area contributed by atoms with Crippen LogP contribution in [-0.4, -0.2) is 36.9 Å². The Morgan fingerprint density at radius 2 is 1.75 bits per heavy atom. The number of carboxylic acid groups (broad SMARTS) is 1. The lowest BCUT2D eigenvalue weighted by Gasteiger charge is -2.09. The van der Waals surface area contributed by atoms with E-state index in [4.69, 9.17) is 16.7 Å². The molecule has 9 heteroatoms. The van der Waals surface area contributed by atoms with E-state index in [1.165, 1.54) is 18.2 Å². The van der Waals surface area contributed by atoms with Crippen molar-refractivity contribution in [3.8, 4) is 0 Å². The van der Waals surface area contributed by atoms with Crippen LogP contribution in [0, 0.1) is 13.8 Å². The first-order valence-electron chi connectivity index (χ1n) is 8.24. The first-order valence-corrected chi connectivity index (χ1v) is 10.1. The zero-order chi connectivity index (χ0) is 20.6. The SMILES string of the molecule is Cc1cc(C)cc(S(=O)(=O)c2c(C(=O)NCC(=O)O)[nH]c3ccc(Cl)cc23)c1. The zero-order valence-electron chi connectivity index (χ0n) is 15.0. The quantitative estimate of drug-likeness (QED) is 0.586. The predicted molar refractivity (Wildman–Crippen MR) is 105 cm³/mol. The van der Waals surface area contributed by atoms with Crippen LogP contribution in [0.3, 0.4) is 0 Å². The number of H-pyrrole nitrogens is 1. The van der Waals surface area contributed by atoms with Crippen molar-refractivity contribution in [1.29, 1.82) is 0 Å². The number of aliphatic carboxylic acids is 1. The molecule has 2 aromatic carbocycles. The first kappa shape index (κ1) is 19.9. The van der Waals surface area contributed by atoms with Crippen LogP contribution in [-0.2, 0) is 14.6 Å². The summed E-state index contributed by atoms with van der Waals surface area (Å²) in [7, 11) is -4.10. The smallest absolute Gasteiger partial charge is 0.322 e. The number of carboxylic acids is 1. The number of aryl methyl sites for hydroxylation is 2. The van der Waals surface area contributed by atoms with E-state index in [1.54, 1.807) is 26.0 Å². The zero-order valence-corrected chi connectivity index (χ0v) is 16.6. The topological polar surface area (TPSA) is 116 Å². The molecular weight excluding hydrogens is 404 g/mol. The Kier molecular flexibility index (Phi) is 5.18. The summed E-state index contributed by atoms with van der Waals surface area (Å²) in [5.41, 5.74) is 1.67. The molecule has 0 aliphatic rings. The fourth-order valence-corrected chi connectivity index (χ4v) is 4.99. The lowest BCUT2D eigenvalue weighted by Crippen LogP contribution is -2.30.